The van der Waals surface area contributed by atoms with Crippen LogP contribution in [0.15, 0.2) is 27.6 Å². The highest BCUT2D eigenvalue weighted by molar-refractivity contribution is 8.00. The molecule has 3 N–H and O–H groups in total. The molecule has 2 aromatic heterocycles. The third kappa shape index (κ3) is 4.16. The van der Waals surface area contributed by atoms with Crippen LogP contribution in [0.1, 0.15) is 24.8 Å². The molecule has 2 saturated heterocycles. The van der Waals surface area contributed by atoms with Crippen molar-refractivity contribution in [3.05, 3.63) is 24.1 Å². The molecule has 3 aromatic rings. The second-order valence-electron chi connectivity index (χ2n) is 7.53. The molecule has 1 amide bonds. The van der Waals surface area contributed by atoms with Crippen molar-refractivity contribution in [2.75, 3.05) is 18.4 Å². The van der Waals surface area contributed by atoms with Gasteiger partial charge in [-0.25, -0.2) is 4.39 Å². The molecule has 0 bridgehead atoms. The Morgan fingerprint density at radius 2 is 2.12 bits per heavy atom. The van der Waals surface area contributed by atoms with E-state index in [-0.39, 0.29) is 45.7 Å². The van der Waals surface area contributed by atoms with Crippen molar-refractivity contribution in [1.29, 1.82) is 0 Å². The molecular weight excluding hydrogens is 470 g/mol. The summed E-state index contributed by atoms with van der Waals surface area (Å²) >= 11 is 0.844. The summed E-state index contributed by atoms with van der Waals surface area (Å²) in [5, 5.41) is 13.0. The Morgan fingerprint density at radius 3 is 2.81 bits per heavy atom. The third-order valence-electron chi connectivity index (χ3n) is 5.31. The first-order valence-corrected chi connectivity index (χ1v) is 11.5. The first-order valence-electron chi connectivity index (χ1n) is 9.84. The Hall–Kier alpha value is -2.38. The van der Waals surface area contributed by atoms with Gasteiger partial charge in [-0.05, 0) is 24.2 Å². The molecule has 2 fully saturated rings. The first-order chi connectivity index (χ1) is 15.3. The number of nitrogens with one attached hydrogen (secondary N) is 3. The molecule has 0 spiro atoms. The van der Waals surface area contributed by atoms with Gasteiger partial charge in [0.25, 0.3) is 0 Å². The molecule has 13 heteroatoms. The summed E-state index contributed by atoms with van der Waals surface area (Å²) in [6.45, 7) is 0.642. The normalized spacial score (nSPS) is 23.8. The number of alkyl halides is 4. The van der Waals surface area contributed by atoms with Crippen LogP contribution in [0.4, 0.5) is 23.2 Å². The molecule has 0 aliphatic carbocycles. The van der Waals surface area contributed by atoms with Crippen molar-refractivity contribution < 1.29 is 26.9 Å². The van der Waals surface area contributed by atoms with Crippen LogP contribution in [0.25, 0.3) is 20.8 Å². The summed E-state index contributed by atoms with van der Waals surface area (Å²) in [6, 6.07) is 4.00. The van der Waals surface area contributed by atoms with Gasteiger partial charge in [-0.3, -0.25) is 4.79 Å². The van der Waals surface area contributed by atoms with Crippen LogP contribution in [-0.2, 0) is 4.79 Å². The van der Waals surface area contributed by atoms with E-state index in [4.69, 9.17) is 4.52 Å². The van der Waals surface area contributed by atoms with Gasteiger partial charge in [-0.2, -0.15) is 18.2 Å². The van der Waals surface area contributed by atoms with Crippen LogP contribution < -0.4 is 16.0 Å². The minimum Gasteiger partial charge on any atom is -0.377 e. The van der Waals surface area contributed by atoms with E-state index in [1.54, 1.807) is 18.2 Å². The fraction of sp³-hybridized carbons (Fsp3) is 0.421. The number of carbonyl (C=O) groups excluding carboxylic acids is 1. The second kappa shape index (κ2) is 8.19. The Morgan fingerprint density at radius 1 is 1.28 bits per heavy atom. The van der Waals surface area contributed by atoms with Gasteiger partial charge in [0, 0.05) is 29.8 Å². The summed E-state index contributed by atoms with van der Waals surface area (Å²) < 4.78 is 60.1. The number of aromatic nitrogens is 2. The Kier molecular flexibility index (Phi) is 5.50. The highest BCUT2D eigenvalue weighted by Crippen LogP contribution is 2.50. The van der Waals surface area contributed by atoms with E-state index in [2.05, 4.69) is 26.1 Å². The zero-order valence-electron chi connectivity index (χ0n) is 16.3. The Labute approximate surface area is 187 Å². The first kappa shape index (κ1) is 21.5. The molecule has 0 radical (unpaired) electrons. The largest absolute Gasteiger partial charge is 0.446 e. The van der Waals surface area contributed by atoms with Crippen molar-refractivity contribution >= 4 is 44.8 Å². The van der Waals surface area contributed by atoms with E-state index in [0.29, 0.717) is 35.2 Å². The van der Waals surface area contributed by atoms with Crippen molar-refractivity contribution in [1.82, 2.24) is 20.8 Å². The van der Waals surface area contributed by atoms with Crippen LogP contribution in [-0.4, -0.2) is 46.9 Å². The van der Waals surface area contributed by atoms with Crippen LogP contribution in [0.2, 0.25) is 0 Å². The molecule has 1 aromatic carbocycles. The lowest BCUT2D eigenvalue weighted by atomic mass is 10.2. The van der Waals surface area contributed by atoms with Gasteiger partial charge in [-0.1, -0.05) is 17.3 Å². The number of rotatable bonds is 5. The number of amides is 1. The number of nitrogens with zero attached hydrogens (tertiary/aromatic N) is 2. The highest BCUT2D eigenvalue weighted by Gasteiger charge is 2.35. The summed E-state index contributed by atoms with van der Waals surface area (Å²) in [6.07, 6.45) is -0.304. The number of carbonyl (C=O) groups is 1. The van der Waals surface area contributed by atoms with Gasteiger partial charge in [0.2, 0.25) is 17.6 Å². The summed E-state index contributed by atoms with van der Waals surface area (Å²) in [4.78, 5) is 15.9. The van der Waals surface area contributed by atoms with E-state index in [9.17, 15) is 22.4 Å². The molecule has 0 saturated carbocycles. The zero-order valence-corrected chi connectivity index (χ0v) is 18.0. The number of anilines is 1. The van der Waals surface area contributed by atoms with E-state index in [0.717, 1.165) is 11.3 Å². The van der Waals surface area contributed by atoms with Gasteiger partial charge in [0.05, 0.1) is 21.3 Å². The lowest BCUT2D eigenvalue weighted by molar-refractivity contribution is -0.119. The summed E-state index contributed by atoms with van der Waals surface area (Å²) in [7, 11) is 0. The molecule has 32 heavy (non-hydrogen) atoms. The van der Waals surface area contributed by atoms with Crippen LogP contribution >= 0.6 is 23.1 Å². The molecule has 2 aliphatic rings. The minimum atomic E-state index is -4.53. The standard InChI is InChI=1S/C19H17F4N5O2S2/c20-9-6-24-7-12(9)25-10-3-1-2-8-14(10)31-16(15(8)32-19(21,22)23)17-27-18(30-28-17)11-4-5-13(29)26-11/h1-3,9,11-12,24-25H,4-7H2,(H,26,29)/t9-,11+,12+/m0/s1. The fourth-order valence-corrected chi connectivity index (χ4v) is 5.94. The predicted octanol–water partition coefficient (Wildman–Crippen LogP) is 4.24. The molecule has 4 heterocycles. The molecule has 3 atom stereocenters. The van der Waals surface area contributed by atoms with E-state index < -0.39 is 23.8 Å². The van der Waals surface area contributed by atoms with Crippen molar-refractivity contribution in [2.24, 2.45) is 0 Å². The van der Waals surface area contributed by atoms with E-state index in [1.165, 1.54) is 0 Å². The zero-order chi connectivity index (χ0) is 22.5. The van der Waals surface area contributed by atoms with E-state index >= 15 is 0 Å². The molecule has 5 rings (SSSR count). The van der Waals surface area contributed by atoms with Crippen LogP contribution in [0.3, 0.4) is 0 Å². The predicted molar refractivity (Wildman–Crippen MR) is 112 cm³/mol. The number of halogens is 4. The molecule has 170 valence electrons. The van der Waals surface area contributed by atoms with Gasteiger partial charge < -0.3 is 20.5 Å². The van der Waals surface area contributed by atoms with Gasteiger partial charge in [-0.15, -0.1) is 11.3 Å². The van der Waals surface area contributed by atoms with Crippen molar-refractivity contribution in [3.63, 3.8) is 0 Å². The number of thioether (sulfide) groups is 1. The third-order valence-corrected chi connectivity index (χ3v) is 7.53. The van der Waals surface area contributed by atoms with Gasteiger partial charge in [0.1, 0.15) is 12.2 Å². The van der Waals surface area contributed by atoms with Crippen molar-refractivity contribution in [3.8, 4) is 10.7 Å². The van der Waals surface area contributed by atoms with Crippen molar-refractivity contribution in [2.45, 2.75) is 41.5 Å². The quantitative estimate of drug-likeness (QED) is 0.366. The number of benzene rings is 1. The molecule has 0 unspecified atom stereocenters. The molecular formula is C19H17F4N5O2S2. The Balaban J connectivity index is 1.56. The van der Waals surface area contributed by atoms with Gasteiger partial charge >= 0.3 is 5.51 Å². The maximum absolute atomic E-state index is 14.1. The lowest BCUT2D eigenvalue weighted by Crippen LogP contribution is -2.29. The maximum Gasteiger partial charge on any atom is 0.446 e. The number of hydrogen-bond donors (Lipinski definition) is 3. The van der Waals surface area contributed by atoms with Gasteiger partial charge in [0.15, 0.2) is 0 Å². The minimum absolute atomic E-state index is 0.0194. The highest BCUT2D eigenvalue weighted by atomic mass is 32.2. The second-order valence-corrected chi connectivity index (χ2v) is 9.63. The monoisotopic (exact) mass is 487 g/mol. The molecule has 7 nitrogen and oxygen atoms in total. The smallest absolute Gasteiger partial charge is 0.377 e. The van der Waals surface area contributed by atoms with Crippen LogP contribution in [0, 0.1) is 0 Å². The average Bonchev–Trinajstić information content (AvgIpc) is 3.50. The van der Waals surface area contributed by atoms with Crippen LogP contribution in [0.5, 0.6) is 0 Å². The topological polar surface area (TPSA) is 92.1 Å². The lowest BCUT2D eigenvalue weighted by Gasteiger charge is -2.16. The molecule has 2 aliphatic heterocycles. The number of hydrogen-bond acceptors (Lipinski definition) is 8. The van der Waals surface area contributed by atoms with E-state index in [1.807, 2.05) is 0 Å². The number of thiophene rings is 1. The summed E-state index contributed by atoms with van der Waals surface area (Å²) in [5.41, 5.74) is -3.98. The summed E-state index contributed by atoms with van der Waals surface area (Å²) in [5.74, 6) is 0.0288. The maximum atomic E-state index is 14.1. The fourth-order valence-electron chi connectivity index (χ4n) is 3.83. The average molecular weight is 488 g/mol. The Bertz CT molecular complexity index is 1160. The SMILES string of the molecule is O=C1CC[C@H](c2nc(-c3sc4c(N[C@@H]5CNC[C@@H]5F)cccc4c3SC(F)(F)F)no2)N1. The number of fused-ring (bicyclic) bond motifs is 1.